The van der Waals surface area contributed by atoms with Crippen molar-refractivity contribution in [2.75, 3.05) is 23.1 Å². The molecule has 0 saturated heterocycles. The van der Waals surface area contributed by atoms with Gasteiger partial charge in [-0.05, 0) is 0 Å². The number of sulfonamides is 1. The summed E-state index contributed by atoms with van der Waals surface area (Å²) in [6.45, 7) is 0.559. The summed E-state index contributed by atoms with van der Waals surface area (Å²) in [6.07, 6.45) is 0. The number of nitrogens with one attached hydrogen (secondary N) is 1. The van der Waals surface area contributed by atoms with Gasteiger partial charge in [-0.2, -0.15) is 0 Å². The van der Waals surface area contributed by atoms with Crippen molar-refractivity contribution in [2.24, 2.45) is 0 Å². The third-order valence-corrected chi connectivity index (χ3v) is 3.95. The minimum absolute atomic E-state index is 0.201. The number of ether oxygens (including phenoxy) is 2. The molecule has 0 unspecified atom stereocenters. The third-order valence-electron chi connectivity index (χ3n) is 2.27. The van der Waals surface area contributed by atoms with Gasteiger partial charge in [-0.25, -0.2) is 8.42 Å². The lowest BCUT2D eigenvalue weighted by atomic mass is 10.2. The lowest BCUT2D eigenvalue weighted by Gasteiger charge is -2.19. The van der Waals surface area contributed by atoms with Gasteiger partial charge in [0.2, 0.25) is 10.0 Å². The summed E-state index contributed by atoms with van der Waals surface area (Å²) in [5, 5.41) is 10.2. The topological polar surface area (TPSA) is 108 Å². The molecule has 0 aliphatic carbocycles. The molecule has 19 heavy (non-hydrogen) atoms. The molecule has 2 rings (SSSR count). The Hall–Kier alpha value is -1.74. The van der Waals surface area contributed by atoms with Crippen molar-refractivity contribution in [1.29, 1.82) is 0 Å². The van der Waals surface area contributed by atoms with E-state index in [2.05, 4.69) is 0 Å². The highest BCUT2D eigenvalue weighted by atomic mass is 35.5. The van der Waals surface area contributed by atoms with Gasteiger partial charge < -0.3 is 9.47 Å². The molecule has 0 bridgehead atoms. The Kier molecular flexibility index (Phi) is 3.67. The maximum Gasteiger partial charge on any atom is 0.297 e. The van der Waals surface area contributed by atoms with E-state index in [1.165, 1.54) is 6.07 Å². The zero-order chi connectivity index (χ0) is 14.0. The van der Waals surface area contributed by atoms with E-state index in [0.717, 1.165) is 6.07 Å². The van der Waals surface area contributed by atoms with E-state index in [-0.39, 0.29) is 30.4 Å². The van der Waals surface area contributed by atoms with Gasteiger partial charge in [-0.1, -0.05) is 0 Å². The van der Waals surface area contributed by atoms with E-state index in [1.54, 1.807) is 0 Å². The van der Waals surface area contributed by atoms with Gasteiger partial charge in [0.1, 0.15) is 24.1 Å². The first kappa shape index (κ1) is 13.7. The molecule has 0 spiro atoms. The number of alkyl halides is 1. The van der Waals surface area contributed by atoms with Crippen LogP contribution in [0.4, 0.5) is 11.4 Å². The van der Waals surface area contributed by atoms with Crippen LogP contribution < -0.4 is 14.2 Å². The average molecular weight is 309 g/mol. The molecule has 0 fully saturated rings. The molecule has 104 valence electrons. The van der Waals surface area contributed by atoms with E-state index in [9.17, 15) is 18.5 Å². The highest BCUT2D eigenvalue weighted by molar-refractivity contribution is 7.93. The van der Waals surface area contributed by atoms with Crippen LogP contribution in [0.1, 0.15) is 0 Å². The predicted octanol–water partition coefficient (Wildman–Crippen LogP) is 1.30. The smallest absolute Gasteiger partial charge is 0.297 e. The first-order valence-corrected chi connectivity index (χ1v) is 7.26. The highest BCUT2D eigenvalue weighted by Gasteiger charge is 2.24. The molecular formula is C9H9ClN2O6S. The van der Waals surface area contributed by atoms with E-state index < -0.39 is 25.8 Å². The quantitative estimate of drug-likeness (QED) is 0.510. The van der Waals surface area contributed by atoms with Crippen LogP contribution in [0.2, 0.25) is 0 Å². The largest absolute Gasteiger partial charge is 0.486 e. The Balaban J connectivity index is 2.49. The third kappa shape index (κ3) is 2.99. The zero-order valence-corrected chi connectivity index (χ0v) is 11.0. The minimum Gasteiger partial charge on any atom is -0.486 e. The Bertz CT molecular complexity index is 617. The molecule has 8 nitrogen and oxygen atoms in total. The average Bonchev–Trinajstić information content (AvgIpc) is 2.37. The monoisotopic (exact) mass is 308 g/mol. The summed E-state index contributed by atoms with van der Waals surface area (Å²) in [6, 6.07) is 2.32. The lowest BCUT2D eigenvalue weighted by molar-refractivity contribution is -0.384. The molecule has 0 aromatic heterocycles. The van der Waals surface area contributed by atoms with Crippen molar-refractivity contribution in [3.63, 3.8) is 0 Å². The summed E-state index contributed by atoms with van der Waals surface area (Å²) >= 11 is 5.24. The number of nitro benzene ring substituents is 1. The fraction of sp³-hybridized carbons (Fsp3) is 0.333. The second-order valence-corrected chi connectivity index (χ2v) is 5.90. The van der Waals surface area contributed by atoms with Crippen LogP contribution in [0.5, 0.6) is 11.5 Å². The lowest BCUT2D eigenvalue weighted by Crippen LogP contribution is -2.18. The van der Waals surface area contributed by atoms with E-state index in [0.29, 0.717) is 0 Å². The SMILES string of the molecule is O=[N+]([O-])c1cc2c(cc1NS(=O)(=O)CCl)OCCO2. The van der Waals surface area contributed by atoms with Crippen LogP contribution in [0.25, 0.3) is 0 Å². The van der Waals surface area contributed by atoms with Gasteiger partial charge >= 0.3 is 0 Å². The second-order valence-electron chi connectivity index (χ2n) is 3.60. The number of benzene rings is 1. The summed E-state index contributed by atoms with van der Waals surface area (Å²) in [4.78, 5) is 10.2. The Labute approximate surface area is 113 Å². The van der Waals surface area contributed by atoms with Crippen molar-refractivity contribution in [1.82, 2.24) is 0 Å². The maximum atomic E-state index is 11.4. The number of hydrogen-bond acceptors (Lipinski definition) is 6. The number of hydrogen-bond donors (Lipinski definition) is 1. The van der Waals surface area contributed by atoms with Crippen LogP contribution >= 0.6 is 11.6 Å². The van der Waals surface area contributed by atoms with E-state index >= 15 is 0 Å². The summed E-state index contributed by atoms with van der Waals surface area (Å²) in [5.41, 5.74) is -0.646. The van der Waals surface area contributed by atoms with Gasteiger partial charge in [0.25, 0.3) is 5.69 Å². The number of fused-ring (bicyclic) bond motifs is 1. The first-order chi connectivity index (χ1) is 8.93. The number of rotatable bonds is 4. The number of nitro groups is 1. The van der Waals surface area contributed by atoms with Gasteiger partial charge in [0, 0.05) is 6.07 Å². The number of anilines is 1. The Morgan fingerprint density at radius 3 is 2.42 bits per heavy atom. The first-order valence-electron chi connectivity index (χ1n) is 5.07. The molecule has 1 heterocycles. The van der Waals surface area contributed by atoms with Crippen molar-refractivity contribution in [3.05, 3.63) is 22.2 Å². The molecule has 10 heteroatoms. The van der Waals surface area contributed by atoms with Crippen molar-refractivity contribution < 1.29 is 22.8 Å². The summed E-state index contributed by atoms with van der Waals surface area (Å²) < 4.78 is 35.2. The Morgan fingerprint density at radius 2 is 1.89 bits per heavy atom. The van der Waals surface area contributed by atoms with Gasteiger partial charge in [-0.15, -0.1) is 11.6 Å². The summed E-state index contributed by atoms with van der Waals surface area (Å²) in [5.74, 6) is 0.441. The molecule has 1 aromatic rings. The molecule has 1 aromatic carbocycles. The van der Waals surface area contributed by atoms with Gasteiger partial charge in [-0.3, -0.25) is 14.8 Å². The molecule has 1 N–H and O–H groups in total. The van der Waals surface area contributed by atoms with E-state index in [4.69, 9.17) is 21.1 Å². The summed E-state index contributed by atoms with van der Waals surface area (Å²) in [7, 11) is -3.84. The Morgan fingerprint density at radius 1 is 1.32 bits per heavy atom. The fourth-order valence-electron chi connectivity index (χ4n) is 1.51. The van der Waals surface area contributed by atoms with E-state index in [1.807, 2.05) is 4.72 Å². The van der Waals surface area contributed by atoms with Crippen molar-refractivity contribution >= 4 is 33.0 Å². The normalized spacial score (nSPS) is 13.9. The molecule has 0 amide bonds. The predicted molar refractivity (Wildman–Crippen MR) is 67.3 cm³/mol. The fourth-order valence-corrected chi connectivity index (χ4v) is 2.22. The van der Waals surface area contributed by atoms with Gasteiger partial charge in [0.05, 0.1) is 11.0 Å². The minimum atomic E-state index is -3.84. The van der Waals surface area contributed by atoms with Gasteiger partial charge in [0.15, 0.2) is 11.5 Å². The number of halogens is 1. The zero-order valence-electron chi connectivity index (χ0n) is 9.46. The highest BCUT2D eigenvalue weighted by Crippen LogP contribution is 2.39. The molecular weight excluding hydrogens is 300 g/mol. The van der Waals surface area contributed by atoms with Crippen LogP contribution in [-0.4, -0.2) is 31.8 Å². The van der Waals surface area contributed by atoms with Crippen molar-refractivity contribution in [3.8, 4) is 11.5 Å². The molecule has 0 radical (unpaired) electrons. The molecule has 1 aliphatic rings. The van der Waals surface area contributed by atoms with Crippen LogP contribution in [0, 0.1) is 10.1 Å². The standard InChI is InChI=1S/C9H9ClN2O6S/c10-5-19(15,16)11-6-3-8-9(18-2-1-17-8)4-7(6)12(13)14/h3-4,11H,1-2,5H2. The van der Waals surface area contributed by atoms with Crippen LogP contribution in [0.15, 0.2) is 12.1 Å². The number of nitrogens with zero attached hydrogens (tertiary/aromatic N) is 1. The van der Waals surface area contributed by atoms with Crippen LogP contribution in [-0.2, 0) is 10.0 Å². The maximum absolute atomic E-state index is 11.4. The van der Waals surface area contributed by atoms with Crippen molar-refractivity contribution in [2.45, 2.75) is 0 Å². The second kappa shape index (κ2) is 5.10. The van der Waals surface area contributed by atoms with Crippen LogP contribution in [0.3, 0.4) is 0 Å². The molecule has 1 aliphatic heterocycles. The molecule has 0 saturated carbocycles. The molecule has 0 atom stereocenters.